The van der Waals surface area contributed by atoms with Crippen molar-refractivity contribution in [3.8, 4) is 6.07 Å². The number of likely N-dealkylation sites (tertiary alicyclic amines) is 1. The van der Waals surface area contributed by atoms with E-state index in [9.17, 15) is 5.26 Å². The van der Waals surface area contributed by atoms with E-state index < -0.39 is 0 Å². The first kappa shape index (κ1) is 24.9. The number of hydrogen-bond donors (Lipinski definition) is 3. The lowest BCUT2D eigenvalue weighted by Gasteiger charge is -2.61. The predicted molar refractivity (Wildman–Crippen MR) is 147 cm³/mol. The van der Waals surface area contributed by atoms with E-state index in [2.05, 4.69) is 43.9 Å². The average Bonchev–Trinajstić information content (AvgIpc) is 2.90. The van der Waals surface area contributed by atoms with Crippen LogP contribution in [0, 0.1) is 34.5 Å². The average molecular weight is 520 g/mol. The molecule has 1 saturated heterocycles. The van der Waals surface area contributed by atoms with Gasteiger partial charge in [-0.05, 0) is 99.9 Å². The van der Waals surface area contributed by atoms with E-state index in [4.69, 9.17) is 11.6 Å². The molecule has 3 N–H and O–H groups in total. The molecule has 1 aliphatic heterocycles. The lowest BCUT2D eigenvalue weighted by Crippen LogP contribution is -2.61. The van der Waals surface area contributed by atoms with Gasteiger partial charge in [0.25, 0.3) is 0 Å². The fourth-order valence-corrected chi connectivity index (χ4v) is 8.10. The number of hydrogen-bond acceptors (Lipinski definition) is 7. The van der Waals surface area contributed by atoms with Gasteiger partial charge >= 0.3 is 0 Å². The monoisotopic (exact) mass is 519 g/mol. The second-order valence-corrected chi connectivity index (χ2v) is 12.5. The van der Waals surface area contributed by atoms with E-state index in [1.165, 1.54) is 58.0 Å². The fourth-order valence-electron chi connectivity index (χ4n) is 7.90. The van der Waals surface area contributed by atoms with E-state index in [0.717, 1.165) is 29.9 Å². The molecule has 7 nitrogen and oxygen atoms in total. The minimum absolute atomic E-state index is 0.310. The zero-order valence-electron chi connectivity index (χ0n) is 21.7. The first-order valence-electron chi connectivity index (χ1n) is 13.9. The summed E-state index contributed by atoms with van der Waals surface area (Å²) >= 11 is 6.30. The Hall–Kier alpha value is -2.40. The fraction of sp³-hybridized carbons (Fsp3) is 0.621. The van der Waals surface area contributed by atoms with Gasteiger partial charge in [-0.1, -0.05) is 29.8 Å². The topological polar surface area (TPSA) is 88.9 Å². The van der Waals surface area contributed by atoms with E-state index >= 15 is 0 Å². The van der Waals surface area contributed by atoms with Crippen molar-refractivity contribution in [1.29, 1.82) is 5.26 Å². The molecule has 1 aromatic heterocycles. The van der Waals surface area contributed by atoms with Crippen LogP contribution in [0.15, 0.2) is 30.5 Å². The summed E-state index contributed by atoms with van der Waals surface area (Å²) in [7, 11) is 2.24. The van der Waals surface area contributed by atoms with Crippen molar-refractivity contribution in [2.75, 3.05) is 37.3 Å². The van der Waals surface area contributed by atoms with Crippen molar-refractivity contribution in [2.45, 2.75) is 63.6 Å². The van der Waals surface area contributed by atoms with Gasteiger partial charge in [-0.2, -0.15) is 10.2 Å². The summed E-state index contributed by atoms with van der Waals surface area (Å²) in [5.41, 5.74) is 1.79. The highest BCUT2D eigenvalue weighted by Gasteiger charge is 2.55. The van der Waals surface area contributed by atoms with E-state index in [1.807, 2.05) is 24.3 Å². The van der Waals surface area contributed by atoms with Crippen LogP contribution < -0.4 is 16.0 Å². The quantitative estimate of drug-likeness (QED) is 0.457. The Kier molecular flexibility index (Phi) is 7.00. The summed E-state index contributed by atoms with van der Waals surface area (Å²) in [5, 5.41) is 21.4. The molecule has 2 heterocycles. The van der Waals surface area contributed by atoms with Gasteiger partial charge in [0.2, 0.25) is 5.95 Å². The van der Waals surface area contributed by atoms with Crippen LogP contribution in [0.25, 0.3) is 0 Å². The highest BCUT2D eigenvalue weighted by molar-refractivity contribution is 6.31. The van der Waals surface area contributed by atoms with Crippen molar-refractivity contribution >= 4 is 23.4 Å². The maximum atomic E-state index is 9.70. The van der Waals surface area contributed by atoms with Gasteiger partial charge in [-0.3, -0.25) is 0 Å². The zero-order valence-corrected chi connectivity index (χ0v) is 22.5. The van der Waals surface area contributed by atoms with E-state index in [1.54, 1.807) is 6.20 Å². The van der Waals surface area contributed by atoms with Gasteiger partial charge in [0.05, 0.1) is 6.20 Å². The van der Waals surface area contributed by atoms with Crippen molar-refractivity contribution in [1.82, 2.24) is 20.2 Å². The smallest absolute Gasteiger partial charge is 0.224 e. The molecule has 4 saturated carbocycles. The Morgan fingerprint density at radius 1 is 1.11 bits per heavy atom. The van der Waals surface area contributed by atoms with Crippen molar-refractivity contribution in [3.63, 3.8) is 0 Å². The Morgan fingerprint density at radius 3 is 2.59 bits per heavy atom. The predicted octanol–water partition coefficient (Wildman–Crippen LogP) is 4.90. The third-order valence-electron chi connectivity index (χ3n) is 9.48. The molecule has 4 bridgehead atoms. The van der Waals surface area contributed by atoms with Crippen LogP contribution in [0.3, 0.4) is 0 Å². The molecule has 0 amide bonds. The molecule has 0 radical (unpaired) electrons. The number of nitrogens with one attached hydrogen (secondary N) is 3. The van der Waals surface area contributed by atoms with Gasteiger partial charge in [0.15, 0.2) is 0 Å². The molecule has 196 valence electrons. The summed E-state index contributed by atoms with van der Waals surface area (Å²) in [5.74, 6) is 3.55. The maximum absolute atomic E-state index is 9.70. The van der Waals surface area contributed by atoms with Crippen LogP contribution in [0.4, 0.5) is 11.8 Å². The molecule has 5 aliphatic rings. The van der Waals surface area contributed by atoms with Gasteiger partial charge < -0.3 is 20.9 Å². The van der Waals surface area contributed by atoms with E-state index in [-0.39, 0.29) is 0 Å². The van der Waals surface area contributed by atoms with Gasteiger partial charge in [-0.15, -0.1) is 0 Å². The molecule has 5 atom stereocenters. The Bertz CT molecular complexity index is 1140. The highest BCUT2D eigenvalue weighted by atomic mass is 35.5. The molecule has 1 unspecified atom stereocenters. The van der Waals surface area contributed by atoms with Crippen LogP contribution in [0.2, 0.25) is 5.02 Å². The number of aromatic nitrogens is 2. The summed E-state index contributed by atoms with van der Waals surface area (Å²) in [6.45, 7) is 3.84. The van der Waals surface area contributed by atoms with Gasteiger partial charge in [-0.25, -0.2) is 4.98 Å². The molecule has 1 aromatic carbocycles. The van der Waals surface area contributed by atoms with Gasteiger partial charge in [0.1, 0.15) is 17.5 Å². The number of piperidine rings is 1. The third kappa shape index (κ3) is 5.30. The molecular weight excluding hydrogens is 482 g/mol. The Balaban J connectivity index is 1.11. The summed E-state index contributed by atoms with van der Waals surface area (Å²) in [6, 6.07) is 11.4. The van der Waals surface area contributed by atoms with Crippen molar-refractivity contribution < 1.29 is 0 Å². The maximum Gasteiger partial charge on any atom is 0.224 e. The molecule has 37 heavy (non-hydrogen) atoms. The zero-order chi connectivity index (χ0) is 25.4. The number of benzene rings is 1. The summed E-state index contributed by atoms with van der Waals surface area (Å²) in [4.78, 5) is 11.5. The summed E-state index contributed by atoms with van der Waals surface area (Å²) < 4.78 is 0. The summed E-state index contributed by atoms with van der Waals surface area (Å²) in [6.07, 6.45) is 10.8. The number of anilines is 2. The van der Waals surface area contributed by atoms with Crippen LogP contribution in [-0.2, 0) is 6.54 Å². The minimum Gasteiger partial charge on any atom is -0.368 e. The Morgan fingerprint density at radius 2 is 1.86 bits per heavy atom. The second-order valence-electron chi connectivity index (χ2n) is 12.1. The van der Waals surface area contributed by atoms with Gasteiger partial charge in [0, 0.05) is 30.2 Å². The number of nitrogens with zero attached hydrogens (tertiary/aromatic N) is 4. The molecule has 5 fully saturated rings. The van der Waals surface area contributed by atoms with E-state index in [0.29, 0.717) is 46.4 Å². The number of rotatable bonds is 8. The Labute approximate surface area is 225 Å². The minimum atomic E-state index is 0.310. The molecule has 0 spiro atoms. The lowest BCUT2D eigenvalue weighted by atomic mass is 9.48. The van der Waals surface area contributed by atoms with Crippen LogP contribution >= 0.6 is 11.6 Å². The molecule has 8 heteroatoms. The van der Waals surface area contributed by atoms with Crippen molar-refractivity contribution in [3.05, 3.63) is 46.6 Å². The van der Waals surface area contributed by atoms with Crippen LogP contribution in [0.1, 0.15) is 56.1 Å². The SMILES string of the molecule is CN1CCC(N[C@@H]2[C@@H]3CC4C[C@H]2C[C@@](CNc2nc(NCc5ccccc5Cl)ncc2C#N)(C4)C3)CC1. The lowest BCUT2D eigenvalue weighted by molar-refractivity contribution is -0.0733. The first-order valence-corrected chi connectivity index (χ1v) is 14.3. The highest BCUT2D eigenvalue weighted by Crippen LogP contribution is 2.60. The molecular formula is C29H38ClN7. The standard InChI is InChI=1S/C29H38ClN7/c1-37-8-6-24(7-9-37)35-26-21-10-19-11-22(26)14-29(12-19,13-21)18-34-27-23(15-31)17-33-28(36-27)32-16-20-4-2-3-5-25(20)30/h2-5,17,19,21-22,24,26,35H,6-14,16,18H2,1H3,(H2,32,33,34,36)/t19?,21-,22+,26-,29-. The molecule has 7 rings (SSSR count). The third-order valence-corrected chi connectivity index (χ3v) is 9.85. The number of halogens is 1. The van der Waals surface area contributed by atoms with Crippen molar-refractivity contribution in [2.24, 2.45) is 23.2 Å². The van der Waals surface area contributed by atoms with Crippen LogP contribution in [0.5, 0.6) is 0 Å². The first-order chi connectivity index (χ1) is 18.0. The molecule has 2 aromatic rings. The number of nitriles is 1. The largest absolute Gasteiger partial charge is 0.368 e. The van der Waals surface area contributed by atoms with Crippen LogP contribution in [-0.4, -0.2) is 53.6 Å². The second kappa shape index (κ2) is 10.4. The normalized spacial score (nSPS) is 31.3. The molecule has 4 aliphatic carbocycles.